The zero-order valence-electron chi connectivity index (χ0n) is 18.6. The summed E-state index contributed by atoms with van der Waals surface area (Å²) >= 11 is 0. The highest BCUT2D eigenvalue weighted by Crippen LogP contribution is 2.18. The van der Waals surface area contributed by atoms with Gasteiger partial charge >= 0.3 is 12.1 Å². The number of nitrogens with zero attached hydrogens (tertiary/aromatic N) is 2. The number of ether oxygens (including phenoxy) is 1. The predicted octanol–water partition coefficient (Wildman–Crippen LogP) is 1.34. The first-order valence-corrected chi connectivity index (χ1v) is 11.7. The van der Waals surface area contributed by atoms with Crippen molar-refractivity contribution in [2.75, 3.05) is 53.0 Å². The zero-order chi connectivity index (χ0) is 25.1. The molecule has 0 aliphatic carbocycles. The molecule has 2 rings (SSSR count). The van der Waals surface area contributed by atoms with Crippen LogP contribution in [0.15, 0.2) is 29.2 Å². The van der Waals surface area contributed by atoms with Crippen LogP contribution >= 0.6 is 0 Å². The van der Waals surface area contributed by atoms with E-state index >= 15 is 0 Å². The number of amides is 1. The van der Waals surface area contributed by atoms with Gasteiger partial charge in [-0.05, 0) is 30.5 Å². The second kappa shape index (κ2) is 13.5. The fourth-order valence-corrected chi connectivity index (χ4v) is 4.31. The highest BCUT2D eigenvalue weighted by Gasteiger charge is 2.38. The molecular formula is C20H30F3N3O6S. The van der Waals surface area contributed by atoms with E-state index in [1.807, 2.05) is 19.1 Å². The average molecular weight is 498 g/mol. The maximum atomic E-state index is 13.0. The standard InChI is InChI=1S/C18H29N3O4S.C2HF3O2/c1-3-16-5-7-17(8-6-16)26(23,24)21(11-4-14-25-2)15-18(22)20-12-9-19-10-13-20;3-2(4,5)1(6)7/h5-8,19H,3-4,9-15H2,1-2H3;(H,6,7). The number of rotatable bonds is 9. The van der Waals surface area contributed by atoms with E-state index < -0.39 is 22.2 Å². The molecule has 0 spiro atoms. The van der Waals surface area contributed by atoms with E-state index in [1.54, 1.807) is 24.1 Å². The molecule has 1 saturated heterocycles. The first-order chi connectivity index (χ1) is 15.4. The van der Waals surface area contributed by atoms with Crippen molar-refractivity contribution in [1.82, 2.24) is 14.5 Å². The van der Waals surface area contributed by atoms with E-state index in [4.69, 9.17) is 14.6 Å². The second-order valence-electron chi connectivity index (χ2n) is 7.12. The molecule has 13 heteroatoms. The number of sulfonamides is 1. The van der Waals surface area contributed by atoms with Crippen molar-refractivity contribution in [3.05, 3.63) is 29.8 Å². The summed E-state index contributed by atoms with van der Waals surface area (Å²) < 4.78 is 64.1. The van der Waals surface area contributed by atoms with Crippen LogP contribution in [0.25, 0.3) is 0 Å². The molecular weight excluding hydrogens is 467 g/mol. The van der Waals surface area contributed by atoms with Crippen molar-refractivity contribution in [2.45, 2.75) is 30.8 Å². The van der Waals surface area contributed by atoms with E-state index in [9.17, 15) is 26.4 Å². The first kappa shape index (κ1) is 28.8. The first-order valence-electron chi connectivity index (χ1n) is 10.3. The van der Waals surface area contributed by atoms with Crippen LogP contribution in [-0.4, -0.2) is 93.8 Å². The molecule has 0 atom stereocenters. The number of hydrogen-bond acceptors (Lipinski definition) is 6. The Morgan fingerprint density at radius 2 is 1.73 bits per heavy atom. The van der Waals surface area contributed by atoms with Crippen molar-refractivity contribution >= 4 is 21.9 Å². The van der Waals surface area contributed by atoms with E-state index in [-0.39, 0.29) is 23.9 Å². The Bertz CT molecular complexity index is 857. The van der Waals surface area contributed by atoms with Crippen molar-refractivity contribution in [2.24, 2.45) is 0 Å². The highest BCUT2D eigenvalue weighted by atomic mass is 32.2. The summed E-state index contributed by atoms with van der Waals surface area (Å²) in [7, 11) is -2.15. The summed E-state index contributed by atoms with van der Waals surface area (Å²) in [5.74, 6) is -2.91. The number of aryl methyl sites for hydroxylation is 1. The molecule has 0 saturated carbocycles. The Morgan fingerprint density at radius 1 is 1.18 bits per heavy atom. The van der Waals surface area contributed by atoms with Gasteiger partial charge < -0.3 is 20.1 Å². The highest BCUT2D eigenvalue weighted by molar-refractivity contribution is 7.89. The van der Waals surface area contributed by atoms with Crippen molar-refractivity contribution in [3.63, 3.8) is 0 Å². The Hall–Kier alpha value is -2.22. The molecule has 1 aliphatic heterocycles. The lowest BCUT2D eigenvalue weighted by atomic mass is 10.2. The van der Waals surface area contributed by atoms with Crippen LogP contribution in [0.5, 0.6) is 0 Å². The number of aliphatic carboxylic acids is 1. The topological polar surface area (TPSA) is 116 Å². The third-order valence-corrected chi connectivity index (χ3v) is 6.61. The van der Waals surface area contributed by atoms with E-state index in [2.05, 4.69) is 5.32 Å². The molecule has 1 fully saturated rings. The van der Waals surface area contributed by atoms with Gasteiger partial charge in [0.15, 0.2) is 0 Å². The largest absolute Gasteiger partial charge is 0.490 e. The van der Waals surface area contributed by atoms with Gasteiger partial charge in [-0.15, -0.1) is 0 Å². The number of carboxylic acids is 1. The Morgan fingerprint density at radius 3 is 2.18 bits per heavy atom. The summed E-state index contributed by atoms with van der Waals surface area (Å²) in [6, 6.07) is 6.87. The van der Waals surface area contributed by atoms with Crippen LogP contribution in [0.2, 0.25) is 0 Å². The van der Waals surface area contributed by atoms with Gasteiger partial charge in [0.05, 0.1) is 11.4 Å². The average Bonchev–Trinajstić information content (AvgIpc) is 2.78. The maximum Gasteiger partial charge on any atom is 0.490 e. The predicted molar refractivity (Wildman–Crippen MR) is 114 cm³/mol. The van der Waals surface area contributed by atoms with Gasteiger partial charge in [0.2, 0.25) is 15.9 Å². The SMILES string of the molecule is CCc1ccc(S(=O)(=O)N(CCCOC)CC(=O)N2CCNCC2)cc1.O=C(O)C(F)(F)F. The van der Waals surface area contributed by atoms with Crippen LogP contribution in [0.3, 0.4) is 0 Å². The Labute approximate surface area is 191 Å². The van der Waals surface area contributed by atoms with Crippen LogP contribution < -0.4 is 5.32 Å². The molecule has 0 unspecified atom stereocenters. The number of carbonyl (C=O) groups is 2. The van der Waals surface area contributed by atoms with Crippen molar-refractivity contribution < 1.29 is 41.0 Å². The minimum atomic E-state index is -5.08. The number of hydrogen-bond donors (Lipinski definition) is 2. The number of nitrogens with one attached hydrogen (secondary N) is 1. The van der Waals surface area contributed by atoms with Crippen LogP contribution in [-0.2, 0) is 30.8 Å². The fourth-order valence-electron chi connectivity index (χ4n) is 2.88. The van der Waals surface area contributed by atoms with Gasteiger partial charge in [-0.3, -0.25) is 4.79 Å². The van der Waals surface area contributed by atoms with Crippen molar-refractivity contribution in [1.29, 1.82) is 0 Å². The maximum absolute atomic E-state index is 13.0. The number of methoxy groups -OCH3 is 1. The molecule has 0 bridgehead atoms. The molecule has 1 amide bonds. The van der Waals surface area contributed by atoms with E-state index in [0.717, 1.165) is 25.1 Å². The van der Waals surface area contributed by atoms with E-state index in [1.165, 1.54) is 4.31 Å². The summed E-state index contributed by atoms with van der Waals surface area (Å²) in [6.07, 6.45) is -3.70. The minimum Gasteiger partial charge on any atom is -0.475 e. The number of benzene rings is 1. The zero-order valence-corrected chi connectivity index (χ0v) is 19.4. The molecule has 188 valence electrons. The lowest BCUT2D eigenvalue weighted by molar-refractivity contribution is -0.192. The normalized spacial score (nSPS) is 14.5. The van der Waals surface area contributed by atoms with Gasteiger partial charge in [-0.2, -0.15) is 17.5 Å². The van der Waals surface area contributed by atoms with Crippen molar-refractivity contribution in [3.8, 4) is 0 Å². The molecule has 0 aromatic heterocycles. The molecule has 0 radical (unpaired) electrons. The van der Waals surface area contributed by atoms with Crippen LogP contribution in [0.4, 0.5) is 13.2 Å². The molecule has 2 N–H and O–H groups in total. The van der Waals surface area contributed by atoms with Gasteiger partial charge in [-0.1, -0.05) is 19.1 Å². The minimum absolute atomic E-state index is 0.137. The van der Waals surface area contributed by atoms with Gasteiger partial charge in [-0.25, -0.2) is 13.2 Å². The molecule has 33 heavy (non-hydrogen) atoms. The van der Waals surface area contributed by atoms with Gasteiger partial charge in [0.1, 0.15) is 0 Å². The number of carboxylic acid groups (broad SMARTS) is 1. The van der Waals surface area contributed by atoms with Crippen LogP contribution in [0, 0.1) is 0 Å². The lowest BCUT2D eigenvalue weighted by Crippen LogP contribution is -2.50. The smallest absolute Gasteiger partial charge is 0.475 e. The summed E-state index contributed by atoms with van der Waals surface area (Å²) in [6.45, 7) is 5.27. The summed E-state index contributed by atoms with van der Waals surface area (Å²) in [4.78, 5) is 23.4. The number of piperazine rings is 1. The summed E-state index contributed by atoms with van der Waals surface area (Å²) in [5, 5.41) is 10.3. The Balaban J connectivity index is 0.000000675. The van der Waals surface area contributed by atoms with Crippen LogP contribution in [0.1, 0.15) is 18.9 Å². The molecule has 9 nitrogen and oxygen atoms in total. The second-order valence-corrected chi connectivity index (χ2v) is 9.05. The fraction of sp³-hybridized carbons (Fsp3) is 0.600. The lowest BCUT2D eigenvalue weighted by Gasteiger charge is -2.30. The third kappa shape index (κ3) is 9.66. The monoisotopic (exact) mass is 497 g/mol. The van der Waals surface area contributed by atoms with Gasteiger partial charge in [0.25, 0.3) is 0 Å². The van der Waals surface area contributed by atoms with E-state index in [0.29, 0.717) is 26.1 Å². The summed E-state index contributed by atoms with van der Waals surface area (Å²) in [5.41, 5.74) is 1.08. The quantitative estimate of drug-likeness (QED) is 0.495. The molecule has 1 heterocycles. The molecule has 1 aliphatic rings. The Kier molecular flexibility index (Phi) is 11.8. The number of alkyl halides is 3. The third-order valence-electron chi connectivity index (χ3n) is 4.75. The number of carbonyl (C=O) groups excluding carboxylic acids is 1. The number of halogens is 3. The molecule has 1 aromatic carbocycles. The molecule has 1 aromatic rings. The van der Waals surface area contributed by atoms with Gasteiger partial charge in [0, 0.05) is 46.4 Å².